The third kappa shape index (κ3) is 5.23. The molecule has 0 bridgehead atoms. The Labute approximate surface area is 152 Å². The Morgan fingerprint density at radius 2 is 1.88 bits per heavy atom. The highest BCUT2D eigenvalue weighted by Crippen LogP contribution is 2.18. The number of aromatic nitrogens is 2. The molecule has 1 N–H and O–H groups in total. The van der Waals surface area contributed by atoms with E-state index in [0.29, 0.717) is 24.6 Å². The maximum absolute atomic E-state index is 12.1. The molecule has 2 rings (SSSR count). The van der Waals surface area contributed by atoms with Gasteiger partial charge in [-0.25, -0.2) is 4.79 Å². The van der Waals surface area contributed by atoms with Gasteiger partial charge in [-0.3, -0.25) is 9.48 Å². The van der Waals surface area contributed by atoms with E-state index in [-0.39, 0.29) is 24.5 Å². The topological polar surface area (TPSA) is 91.7 Å². The van der Waals surface area contributed by atoms with Crippen LogP contribution in [0.15, 0.2) is 30.5 Å². The zero-order chi connectivity index (χ0) is 18.9. The second-order valence-electron chi connectivity index (χ2n) is 5.43. The molecule has 2 aromatic rings. The van der Waals surface area contributed by atoms with E-state index in [1.54, 1.807) is 45.3 Å². The third-order valence-electron chi connectivity index (χ3n) is 3.57. The number of nitrogens with one attached hydrogen (secondary N) is 1. The van der Waals surface area contributed by atoms with Crippen LogP contribution in [0, 0.1) is 0 Å². The summed E-state index contributed by atoms with van der Waals surface area (Å²) in [5.41, 5.74) is 0.234. The lowest BCUT2D eigenvalue weighted by Crippen LogP contribution is -2.18. The van der Waals surface area contributed by atoms with Gasteiger partial charge in [0.15, 0.2) is 0 Å². The average Bonchev–Trinajstić information content (AvgIpc) is 3.00. The summed E-state index contributed by atoms with van der Waals surface area (Å²) in [6, 6.07) is 7.23. The van der Waals surface area contributed by atoms with Crippen molar-refractivity contribution in [2.24, 2.45) is 7.05 Å². The smallest absolute Gasteiger partial charge is 0.343 e. The number of anilines is 1. The summed E-state index contributed by atoms with van der Waals surface area (Å²) >= 11 is 0. The van der Waals surface area contributed by atoms with Crippen LogP contribution in [0.4, 0.5) is 5.82 Å². The van der Waals surface area contributed by atoms with Crippen LogP contribution in [0.3, 0.4) is 0 Å². The molecule has 0 aliphatic rings. The van der Waals surface area contributed by atoms with Crippen molar-refractivity contribution >= 4 is 17.7 Å². The van der Waals surface area contributed by atoms with Crippen molar-refractivity contribution in [3.05, 3.63) is 36.0 Å². The number of benzene rings is 1. The number of carbonyl (C=O) groups excluding carboxylic acids is 2. The first-order valence-corrected chi connectivity index (χ1v) is 8.31. The summed E-state index contributed by atoms with van der Waals surface area (Å²) < 4.78 is 17.0. The Hall–Kier alpha value is -3.03. The van der Waals surface area contributed by atoms with E-state index in [4.69, 9.17) is 14.2 Å². The minimum Gasteiger partial charge on any atom is -0.497 e. The van der Waals surface area contributed by atoms with Gasteiger partial charge in [-0.05, 0) is 37.6 Å². The summed E-state index contributed by atoms with van der Waals surface area (Å²) in [7, 11) is 3.25. The van der Waals surface area contributed by atoms with Gasteiger partial charge < -0.3 is 19.5 Å². The summed E-state index contributed by atoms with van der Waals surface area (Å²) in [6.45, 7) is 2.37. The predicted octanol–water partition coefficient (Wildman–Crippen LogP) is 2.40. The zero-order valence-corrected chi connectivity index (χ0v) is 15.2. The predicted molar refractivity (Wildman–Crippen MR) is 95.5 cm³/mol. The molecule has 26 heavy (non-hydrogen) atoms. The zero-order valence-electron chi connectivity index (χ0n) is 15.2. The first kappa shape index (κ1) is 19.3. The van der Waals surface area contributed by atoms with Gasteiger partial charge in [0, 0.05) is 13.5 Å². The van der Waals surface area contributed by atoms with E-state index in [2.05, 4.69) is 10.4 Å². The van der Waals surface area contributed by atoms with Crippen molar-refractivity contribution in [3.8, 4) is 11.5 Å². The molecule has 0 saturated carbocycles. The van der Waals surface area contributed by atoms with E-state index in [1.807, 2.05) is 0 Å². The average molecular weight is 361 g/mol. The van der Waals surface area contributed by atoms with E-state index >= 15 is 0 Å². The molecule has 140 valence electrons. The molecule has 1 heterocycles. The number of amides is 1. The van der Waals surface area contributed by atoms with Crippen molar-refractivity contribution in [3.63, 3.8) is 0 Å². The van der Waals surface area contributed by atoms with Crippen molar-refractivity contribution in [2.45, 2.75) is 19.8 Å². The number of esters is 1. The van der Waals surface area contributed by atoms with E-state index in [1.165, 1.54) is 10.9 Å². The Morgan fingerprint density at radius 1 is 1.19 bits per heavy atom. The van der Waals surface area contributed by atoms with Crippen molar-refractivity contribution in [1.82, 2.24) is 9.78 Å². The van der Waals surface area contributed by atoms with E-state index in [9.17, 15) is 9.59 Å². The molecule has 1 aromatic carbocycles. The Bertz CT molecular complexity index is 740. The largest absolute Gasteiger partial charge is 0.497 e. The molecule has 0 unspecified atom stereocenters. The highest BCUT2D eigenvalue weighted by molar-refractivity contribution is 6.00. The van der Waals surface area contributed by atoms with Gasteiger partial charge in [-0.15, -0.1) is 0 Å². The quantitative estimate of drug-likeness (QED) is 0.545. The van der Waals surface area contributed by atoms with Crippen molar-refractivity contribution < 1.29 is 23.8 Å². The number of hydrogen-bond acceptors (Lipinski definition) is 6. The lowest BCUT2D eigenvalue weighted by atomic mass is 10.3. The van der Waals surface area contributed by atoms with Crippen LogP contribution in [0.1, 0.15) is 30.1 Å². The van der Waals surface area contributed by atoms with Crippen molar-refractivity contribution in [2.75, 3.05) is 25.6 Å². The SMILES string of the molecule is CCOC(=O)c1cnn(C)c1NC(=O)CCCOc1ccc(OC)cc1. The molecule has 0 spiro atoms. The first-order valence-electron chi connectivity index (χ1n) is 8.31. The van der Waals surface area contributed by atoms with Gasteiger partial charge in [-0.1, -0.05) is 0 Å². The van der Waals surface area contributed by atoms with Crippen LogP contribution >= 0.6 is 0 Å². The molecule has 8 nitrogen and oxygen atoms in total. The van der Waals surface area contributed by atoms with E-state index in [0.717, 1.165) is 5.75 Å². The molecule has 8 heteroatoms. The van der Waals surface area contributed by atoms with Crippen LogP contribution in [0.25, 0.3) is 0 Å². The molecule has 0 aliphatic carbocycles. The minimum atomic E-state index is -0.515. The minimum absolute atomic E-state index is 0.225. The van der Waals surface area contributed by atoms with Gasteiger partial charge in [0.05, 0.1) is 26.5 Å². The maximum Gasteiger partial charge on any atom is 0.343 e. The lowest BCUT2D eigenvalue weighted by Gasteiger charge is -2.09. The molecule has 0 fully saturated rings. The van der Waals surface area contributed by atoms with Crippen molar-refractivity contribution in [1.29, 1.82) is 0 Å². The van der Waals surface area contributed by atoms with Crippen LogP contribution in [0.5, 0.6) is 11.5 Å². The van der Waals surface area contributed by atoms with Crippen LogP contribution in [0.2, 0.25) is 0 Å². The van der Waals surface area contributed by atoms with Gasteiger partial charge in [0.25, 0.3) is 0 Å². The molecule has 1 aromatic heterocycles. The summed E-state index contributed by atoms with van der Waals surface area (Å²) in [6.07, 6.45) is 2.16. The molecule has 0 radical (unpaired) electrons. The van der Waals surface area contributed by atoms with Gasteiger partial charge >= 0.3 is 5.97 Å². The normalized spacial score (nSPS) is 10.3. The molecule has 0 saturated heterocycles. The molecular formula is C18H23N3O5. The monoisotopic (exact) mass is 361 g/mol. The van der Waals surface area contributed by atoms with Gasteiger partial charge in [-0.2, -0.15) is 5.10 Å². The fourth-order valence-corrected chi connectivity index (χ4v) is 2.23. The number of nitrogens with zero attached hydrogens (tertiary/aromatic N) is 2. The first-order chi connectivity index (χ1) is 12.5. The Kier molecular flexibility index (Phi) is 7.02. The number of aryl methyl sites for hydroxylation is 1. The molecule has 0 atom stereocenters. The fraction of sp³-hybridized carbons (Fsp3) is 0.389. The number of rotatable bonds is 9. The number of carbonyl (C=O) groups is 2. The highest BCUT2D eigenvalue weighted by atomic mass is 16.5. The molecule has 1 amide bonds. The maximum atomic E-state index is 12.1. The highest BCUT2D eigenvalue weighted by Gasteiger charge is 2.18. The molecular weight excluding hydrogens is 338 g/mol. The van der Waals surface area contributed by atoms with Gasteiger partial charge in [0.1, 0.15) is 22.9 Å². The fourth-order valence-electron chi connectivity index (χ4n) is 2.23. The van der Waals surface area contributed by atoms with Crippen LogP contribution in [-0.4, -0.2) is 42.0 Å². The second-order valence-corrected chi connectivity index (χ2v) is 5.43. The number of ether oxygens (including phenoxy) is 3. The Balaban J connectivity index is 1.80. The number of methoxy groups -OCH3 is 1. The Morgan fingerprint density at radius 3 is 2.54 bits per heavy atom. The molecule has 0 aliphatic heterocycles. The summed E-state index contributed by atoms with van der Waals surface area (Å²) in [4.78, 5) is 24.0. The van der Waals surface area contributed by atoms with Crippen LogP contribution in [-0.2, 0) is 16.6 Å². The standard InChI is InChI=1S/C18H23N3O5/c1-4-25-18(23)15-12-19-21(2)17(15)20-16(22)6-5-11-26-14-9-7-13(24-3)8-10-14/h7-10,12H,4-6,11H2,1-3H3,(H,20,22). The van der Waals surface area contributed by atoms with Crippen LogP contribution < -0.4 is 14.8 Å². The lowest BCUT2D eigenvalue weighted by molar-refractivity contribution is -0.116. The van der Waals surface area contributed by atoms with Gasteiger partial charge in [0.2, 0.25) is 5.91 Å². The summed E-state index contributed by atoms with van der Waals surface area (Å²) in [5.74, 6) is 1.05. The van der Waals surface area contributed by atoms with E-state index < -0.39 is 5.97 Å². The summed E-state index contributed by atoms with van der Waals surface area (Å²) in [5, 5.41) is 6.69. The third-order valence-corrected chi connectivity index (χ3v) is 3.57. The second kappa shape index (κ2) is 9.45. The number of hydrogen-bond donors (Lipinski definition) is 1.